The van der Waals surface area contributed by atoms with Gasteiger partial charge in [0.1, 0.15) is 17.7 Å². The fraction of sp³-hybridized carbons (Fsp3) is 0.105. The van der Waals surface area contributed by atoms with Crippen molar-refractivity contribution >= 4 is 29.1 Å². The molecule has 0 radical (unpaired) electrons. The number of carbonyl (C=O) groups excluding carboxylic acids is 3. The van der Waals surface area contributed by atoms with Crippen LogP contribution < -0.4 is 16.0 Å². The Morgan fingerprint density at radius 1 is 1.04 bits per heavy atom. The van der Waals surface area contributed by atoms with Crippen LogP contribution in [-0.4, -0.2) is 23.8 Å². The van der Waals surface area contributed by atoms with Crippen LogP contribution in [0.4, 0.5) is 20.2 Å². The fourth-order valence-corrected chi connectivity index (χ4v) is 2.08. The maximum absolute atomic E-state index is 14.1. The summed E-state index contributed by atoms with van der Waals surface area (Å²) in [4.78, 5) is 35.4. The normalized spacial score (nSPS) is 11.2. The molecule has 0 aromatic heterocycles. The Balaban J connectivity index is 1.99. The van der Waals surface area contributed by atoms with Crippen LogP contribution in [0.1, 0.15) is 17.3 Å². The van der Waals surface area contributed by atoms with Gasteiger partial charge in [-0.15, -0.1) is 0 Å². The zero-order valence-electron chi connectivity index (χ0n) is 14.4. The number of anilines is 2. The van der Waals surface area contributed by atoms with Crippen LogP contribution in [0.25, 0.3) is 0 Å². The van der Waals surface area contributed by atoms with Gasteiger partial charge >= 0.3 is 0 Å². The number of amides is 3. The van der Waals surface area contributed by atoms with Gasteiger partial charge in [0, 0.05) is 11.3 Å². The summed E-state index contributed by atoms with van der Waals surface area (Å²) >= 11 is 0. The van der Waals surface area contributed by atoms with Gasteiger partial charge in [-0.25, -0.2) is 8.78 Å². The monoisotopic (exact) mass is 373 g/mol. The van der Waals surface area contributed by atoms with Gasteiger partial charge in [-0.2, -0.15) is 0 Å². The van der Waals surface area contributed by atoms with E-state index in [1.807, 2.05) is 0 Å². The summed E-state index contributed by atoms with van der Waals surface area (Å²) in [5.74, 6) is -2.96. The highest BCUT2D eigenvalue weighted by molar-refractivity contribution is 6.01. The second-order valence-electron chi connectivity index (χ2n) is 5.58. The van der Waals surface area contributed by atoms with Gasteiger partial charge in [-0.1, -0.05) is 6.58 Å². The molecule has 0 aliphatic heterocycles. The average Bonchev–Trinajstić information content (AvgIpc) is 2.64. The average molecular weight is 373 g/mol. The first kappa shape index (κ1) is 19.8. The molecule has 0 saturated carbocycles. The molecule has 0 aliphatic carbocycles. The number of hydrogen-bond donors (Lipinski definition) is 3. The molecular formula is C19H17F2N3O3. The standard InChI is InChI=1S/C19H17F2N3O3/c1-3-17(25)23-14-8-9-16(15(21)10-14)24-18(26)11(2)22-19(27)12-4-6-13(20)7-5-12/h3-11H,1H2,2H3,(H,22,27)(H,23,25)(H,24,26). The van der Waals surface area contributed by atoms with E-state index in [9.17, 15) is 23.2 Å². The lowest BCUT2D eigenvalue weighted by atomic mass is 10.2. The smallest absolute Gasteiger partial charge is 0.251 e. The van der Waals surface area contributed by atoms with E-state index in [0.717, 1.165) is 24.3 Å². The molecule has 2 rings (SSSR count). The fourth-order valence-electron chi connectivity index (χ4n) is 2.08. The van der Waals surface area contributed by atoms with E-state index >= 15 is 0 Å². The van der Waals surface area contributed by atoms with Crippen LogP contribution in [0.2, 0.25) is 0 Å². The number of nitrogens with one attached hydrogen (secondary N) is 3. The van der Waals surface area contributed by atoms with Gasteiger partial charge in [-0.05, 0) is 55.5 Å². The Morgan fingerprint density at radius 2 is 1.70 bits per heavy atom. The molecule has 3 N–H and O–H groups in total. The third-order valence-electron chi connectivity index (χ3n) is 3.53. The van der Waals surface area contributed by atoms with E-state index in [1.54, 1.807) is 0 Å². The number of carbonyl (C=O) groups is 3. The van der Waals surface area contributed by atoms with Crippen molar-refractivity contribution in [2.45, 2.75) is 13.0 Å². The highest BCUT2D eigenvalue weighted by atomic mass is 19.1. The van der Waals surface area contributed by atoms with Crippen molar-refractivity contribution in [3.8, 4) is 0 Å². The molecule has 3 amide bonds. The van der Waals surface area contributed by atoms with Gasteiger partial charge < -0.3 is 16.0 Å². The van der Waals surface area contributed by atoms with Crippen LogP contribution in [0.3, 0.4) is 0 Å². The van der Waals surface area contributed by atoms with Gasteiger partial charge in [0.25, 0.3) is 5.91 Å². The number of benzene rings is 2. The predicted octanol–water partition coefficient (Wildman–Crippen LogP) is 2.85. The Kier molecular flexibility index (Phi) is 6.37. The predicted molar refractivity (Wildman–Crippen MR) is 97.2 cm³/mol. The maximum Gasteiger partial charge on any atom is 0.251 e. The largest absolute Gasteiger partial charge is 0.341 e. The number of halogens is 2. The van der Waals surface area contributed by atoms with E-state index < -0.39 is 35.4 Å². The lowest BCUT2D eigenvalue weighted by Crippen LogP contribution is -2.41. The molecule has 1 atom stereocenters. The van der Waals surface area contributed by atoms with Crippen LogP contribution in [0, 0.1) is 11.6 Å². The van der Waals surface area contributed by atoms with Crippen molar-refractivity contribution < 1.29 is 23.2 Å². The molecule has 0 spiro atoms. The summed E-state index contributed by atoms with van der Waals surface area (Å²) in [7, 11) is 0. The first-order chi connectivity index (χ1) is 12.8. The molecule has 1 unspecified atom stereocenters. The summed E-state index contributed by atoms with van der Waals surface area (Å²) in [6, 6.07) is 7.57. The molecule has 8 heteroatoms. The zero-order valence-corrected chi connectivity index (χ0v) is 14.4. The molecular weight excluding hydrogens is 356 g/mol. The molecule has 6 nitrogen and oxygen atoms in total. The molecule has 0 heterocycles. The van der Waals surface area contributed by atoms with Crippen LogP contribution in [0.5, 0.6) is 0 Å². The van der Waals surface area contributed by atoms with E-state index in [1.165, 1.54) is 31.2 Å². The van der Waals surface area contributed by atoms with Crippen molar-refractivity contribution in [2.24, 2.45) is 0 Å². The summed E-state index contributed by atoms with van der Waals surface area (Å²) < 4.78 is 27.0. The Hall–Kier alpha value is -3.55. The highest BCUT2D eigenvalue weighted by Crippen LogP contribution is 2.19. The van der Waals surface area contributed by atoms with Gasteiger partial charge in [0.05, 0.1) is 5.69 Å². The van der Waals surface area contributed by atoms with Gasteiger partial charge in [0.2, 0.25) is 11.8 Å². The van der Waals surface area contributed by atoms with E-state index in [2.05, 4.69) is 22.5 Å². The van der Waals surface area contributed by atoms with Gasteiger partial charge in [-0.3, -0.25) is 14.4 Å². The van der Waals surface area contributed by atoms with E-state index in [-0.39, 0.29) is 16.9 Å². The van der Waals surface area contributed by atoms with Crippen molar-refractivity contribution in [2.75, 3.05) is 10.6 Å². The molecule has 2 aromatic carbocycles. The SMILES string of the molecule is C=CC(=O)Nc1ccc(NC(=O)C(C)NC(=O)c2ccc(F)cc2)c(F)c1. The minimum absolute atomic E-state index is 0.112. The summed E-state index contributed by atoms with van der Waals surface area (Å²) in [5.41, 5.74) is 0.275. The van der Waals surface area contributed by atoms with Crippen LogP contribution in [0.15, 0.2) is 55.1 Å². The zero-order chi connectivity index (χ0) is 20.0. The minimum atomic E-state index is -0.970. The summed E-state index contributed by atoms with van der Waals surface area (Å²) in [6.45, 7) is 4.71. The Morgan fingerprint density at radius 3 is 2.30 bits per heavy atom. The van der Waals surface area contributed by atoms with Crippen LogP contribution in [-0.2, 0) is 9.59 Å². The number of rotatable bonds is 6. The summed E-state index contributed by atoms with van der Waals surface area (Å²) in [6.07, 6.45) is 1.04. The highest BCUT2D eigenvalue weighted by Gasteiger charge is 2.18. The van der Waals surface area contributed by atoms with Crippen molar-refractivity contribution in [1.29, 1.82) is 0 Å². The minimum Gasteiger partial charge on any atom is -0.341 e. The van der Waals surface area contributed by atoms with Crippen molar-refractivity contribution in [3.63, 3.8) is 0 Å². The Labute approximate surface area is 154 Å². The molecule has 0 saturated heterocycles. The molecule has 140 valence electrons. The molecule has 0 aliphatic rings. The first-order valence-electron chi connectivity index (χ1n) is 7.90. The number of hydrogen-bond acceptors (Lipinski definition) is 3. The third kappa shape index (κ3) is 5.46. The van der Waals surface area contributed by atoms with Crippen molar-refractivity contribution in [3.05, 3.63) is 72.3 Å². The third-order valence-corrected chi connectivity index (χ3v) is 3.53. The lowest BCUT2D eigenvalue weighted by Gasteiger charge is -2.15. The summed E-state index contributed by atoms with van der Waals surface area (Å²) in [5, 5.41) is 7.18. The molecule has 27 heavy (non-hydrogen) atoms. The molecule has 2 aromatic rings. The molecule has 0 bridgehead atoms. The Bertz CT molecular complexity index is 882. The second kappa shape index (κ2) is 8.70. The van der Waals surface area contributed by atoms with E-state index in [0.29, 0.717) is 0 Å². The quantitative estimate of drug-likeness (QED) is 0.681. The van der Waals surface area contributed by atoms with Crippen molar-refractivity contribution in [1.82, 2.24) is 5.32 Å². The molecule has 0 fully saturated rings. The van der Waals surface area contributed by atoms with Gasteiger partial charge in [0.15, 0.2) is 0 Å². The van der Waals surface area contributed by atoms with E-state index in [4.69, 9.17) is 0 Å². The second-order valence-corrected chi connectivity index (χ2v) is 5.58. The lowest BCUT2D eigenvalue weighted by molar-refractivity contribution is -0.117. The first-order valence-corrected chi connectivity index (χ1v) is 7.90. The maximum atomic E-state index is 14.1. The topological polar surface area (TPSA) is 87.3 Å². The van der Waals surface area contributed by atoms with Crippen LogP contribution >= 0.6 is 0 Å².